The number of halogens is 5. The maximum Gasteiger partial charge on any atom is 0.420 e. The Kier molecular flexibility index (Phi) is 8.96. The third-order valence-corrected chi connectivity index (χ3v) is 10.9. The van der Waals surface area contributed by atoms with E-state index in [0.29, 0.717) is 16.9 Å². The van der Waals surface area contributed by atoms with Gasteiger partial charge >= 0.3 is 12.2 Å². The van der Waals surface area contributed by atoms with E-state index in [4.69, 9.17) is 25.7 Å². The standard InChI is InChI=1S/C35H33F5N8O3S/c1-15(17-6-5-10-44-31(17)42)48-12-13-50-29-24-27(45-34(46-33(24)48)51-16(2)28-21(49-4)9-11-47(28)3)26(37)23(25(29)35(38,39)40)18-7-8-20(36)30-22(18)19(14-41)32(43)52-30/h5-8,10,15-16,21,28H,9,11-13,43H2,1-4H3,(H2,42,44)/t15-,16+,21+,28-/m1/s1. The van der Waals surface area contributed by atoms with Gasteiger partial charge in [0, 0.05) is 36.4 Å². The number of aromatic nitrogens is 3. The molecule has 1 fully saturated rings. The fourth-order valence-corrected chi connectivity index (χ4v) is 8.42. The number of alkyl halides is 3. The minimum absolute atomic E-state index is 0.00289. The number of methoxy groups -OCH3 is 1. The van der Waals surface area contributed by atoms with Crippen LogP contribution in [0.2, 0.25) is 0 Å². The van der Waals surface area contributed by atoms with Crippen LogP contribution in [-0.4, -0.2) is 72.0 Å². The van der Waals surface area contributed by atoms with Gasteiger partial charge in [0.15, 0.2) is 5.82 Å². The summed E-state index contributed by atoms with van der Waals surface area (Å²) in [5, 5.41) is 9.19. The molecule has 4 N–H and O–H groups in total. The van der Waals surface area contributed by atoms with E-state index < -0.39 is 57.9 Å². The van der Waals surface area contributed by atoms with E-state index in [0.717, 1.165) is 25.1 Å². The topological polar surface area (TPSA) is 149 Å². The van der Waals surface area contributed by atoms with Gasteiger partial charge in [-0.05, 0) is 45.0 Å². The minimum atomic E-state index is -5.22. The molecule has 0 spiro atoms. The molecule has 0 amide bonds. The lowest BCUT2D eigenvalue weighted by Crippen LogP contribution is -2.45. The number of hydrogen-bond acceptors (Lipinski definition) is 12. The summed E-state index contributed by atoms with van der Waals surface area (Å²) in [5.74, 6) is -2.86. The average Bonchev–Trinajstić information content (AvgIpc) is 3.59. The van der Waals surface area contributed by atoms with Crippen LogP contribution < -0.4 is 25.8 Å². The third-order valence-electron chi connectivity index (χ3n) is 9.85. The summed E-state index contributed by atoms with van der Waals surface area (Å²) in [7, 11) is 3.50. The van der Waals surface area contributed by atoms with Crippen LogP contribution in [0.4, 0.5) is 38.6 Å². The first-order chi connectivity index (χ1) is 24.8. The van der Waals surface area contributed by atoms with Crippen molar-refractivity contribution in [1.29, 1.82) is 5.26 Å². The van der Waals surface area contributed by atoms with E-state index in [1.165, 1.54) is 6.20 Å². The summed E-state index contributed by atoms with van der Waals surface area (Å²) in [6.45, 7) is 3.98. The molecule has 2 aliphatic heterocycles. The Morgan fingerprint density at radius 2 is 1.88 bits per heavy atom. The van der Waals surface area contributed by atoms with Crippen LogP contribution in [0.1, 0.15) is 43.0 Å². The van der Waals surface area contributed by atoms with Crippen LogP contribution in [0.5, 0.6) is 11.8 Å². The molecule has 0 aliphatic carbocycles. The summed E-state index contributed by atoms with van der Waals surface area (Å²) in [5.41, 5.74) is 9.10. The fraction of sp³-hybridized carbons (Fsp3) is 0.371. The molecule has 272 valence electrons. The first kappa shape index (κ1) is 35.4. The summed E-state index contributed by atoms with van der Waals surface area (Å²) < 4.78 is 96.4. The Hall–Kier alpha value is -5.05. The van der Waals surface area contributed by atoms with Gasteiger partial charge in [0.1, 0.15) is 58.1 Å². The molecule has 0 radical (unpaired) electrons. The molecular formula is C35H33F5N8O3S. The SMILES string of the molecule is CO[C@H]1CCN(C)[C@@H]1[C@H](C)Oc1nc2c3c(c(C(F)(F)F)c(-c4ccc(F)c5sc(N)c(C#N)c45)c(F)c3n1)OCCN2[C@H](C)c1cccnc1N. The molecule has 5 aromatic rings. The van der Waals surface area contributed by atoms with Gasteiger partial charge in [-0.1, -0.05) is 12.1 Å². The largest absolute Gasteiger partial charge is 0.490 e. The Labute approximate surface area is 298 Å². The molecule has 3 aromatic heterocycles. The number of nitrogens with zero attached hydrogens (tertiary/aromatic N) is 6. The minimum Gasteiger partial charge on any atom is -0.490 e. The van der Waals surface area contributed by atoms with Gasteiger partial charge in [0.2, 0.25) is 0 Å². The number of pyridine rings is 1. The Bertz CT molecular complexity index is 2260. The van der Waals surface area contributed by atoms with Crippen molar-refractivity contribution in [2.45, 2.75) is 50.7 Å². The van der Waals surface area contributed by atoms with Crippen LogP contribution in [0.15, 0.2) is 30.5 Å². The Balaban J connectivity index is 1.55. The van der Waals surface area contributed by atoms with Crippen LogP contribution in [-0.2, 0) is 10.9 Å². The van der Waals surface area contributed by atoms with Gasteiger partial charge < -0.3 is 30.6 Å². The van der Waals surface area contributed by atoms with Crippen LogP contribution in [0.25, 0.3) is 32.1 Å². The highest BCUT2D eigenvalue weighted by atomic mass is 32.1. The molecule has 17 heteroatoms. The van der Waals surface area contributed by atoms with Crippen molar-refractivity contribution in [1.82, 2.24) is 19.9 Å². The monoisotopic (exact) mass is 740 g/mol. The number of thiophene rings is 1. The van der Waals surface area contributed by atoms with Crippen molar-refractivity contribution in [3.8, 4) is 29.0 Å². The molecule has 0 saturated carbocycles. The van der Waals surface area contributed by atoms with Crippen molar-refractivity contribution < 1.29 is 36.2 Å². The van der Waals surface area contributed by atoms with Crippen LogP contribution in [0.3, 0.4) is 0 Å². The second-order valence-electron chi connectivity index (χ2n) is 12.7. The van der Waals surface area contributed by atoms with E-state index in [9.17, 15) is 5.26 Å². The molecule has 2 aliphatic rings. The van der Waals surface area contributed by atoms with E-state index in [-0.39, 0.29) is 69.0 Å². The lowest BCUT2D eigenvalue weighted by molar-refractivity contribution is -0.138. The van der Waals surface area contributed by atoms with Gasteiger partial charge in [-0.15, -0.1) is 11.3 Å². The normalized spacial score (nSPS) is 19.0. The number of likely N-dealkylation sites (N-methyl/N-ethyl adjacent to an activating group) is 1. The van der Waals surface area contributed by atoms with Gasteiger partial charge in [-0.3, -0.25) is 4.90 Å². The number of hydrogen-bond donors (Lipinski definition) is 2. The number of likely N-dealkylation sites (tertiary alicyclic amines) is 1. The van der Waals surface area contributed by atoms with Gasteiger partial charge in [-0.2, -0.15) is 28.4 Å². The number of ether oxygens (including phenoxy) is 3. The highest BCUT2D eigenvalue weighted by molar-refractivity contribution is 7.23. The number of anilines is 3. The molecule has 52 heavy (non-hydrogen) atoms. The zero-order valence-corrected chi connectivity index (χ0v) is 29.2. The lowest BCUT2D eigenvalue weighted by atomic mass is 9.91. The highest BCUT2D eigenvalue weighted by Crippen LogP contribution is 2.54. The van der Waals surface area contributed by atoms with Crippen LogP contribution >= 0.6 is 11.3 Å². The van der Waals surface area contributed by atoms with E-state index >= 15 is 22.0 Å². The van der Waals surface area contributed by atoms with Crippen molar-refractivity contribution in [3.05, 3.63) is 58.8 Å². The summed E-state index contributed by atoms with van der Waals surface area (Å²) in [6, 6.07) is 5.95. The predicted octanol–water partition coefficient (Wildman–Crippen LogP) is 6.69. The average molecular weight is 741 g/mol. The van der Waals surface area contributed by atoms with E-state index in [2.05, 4.69) is 15.0 Å². The van der Waals surface area contributed by atoms with Gasteiger partial charge in [0.05, 0.1) is 40.4 Å². The van der Waals surface area contributed by atoms with E-state index in [1.807, 2.05) is 18.0 Å². The quantitative estimate of drug-likeness (QED) is 0.172. The lowest BCUT2D eigenvalue weighted by Gasteiger charge is -2.32. The molecule has 7 rings (SSSR count). The Morgan fingerprint density at radius 3 is 2.58 bits per heavy atom. The van der Waals surface area contributed by atoms with Crippen molar-refractivity contribution in [3.63, 3.8) is 0 Å². The molecule has 2 aromatic carbocycles. The van der Waals surface area contributed by atoms with Gasteiger partial charge in [0.25, 0.3) is 0 Å². The molecule has 0 bridgehead atoms. The van der Waals surface area contributed by atoms with Gasteiger partial charge in [-0.25, -0.2) is 13.8 Å². The summed E-state index contributed by atoms with van der Waals surface area (Å²) >= 11 is 0.678. The smallest absolute Gasteiger partial charge is 0.420 e. The fourth-order valence-electron chi connectivity index (χ4n) is 7.47. The number of nitriles is 1. The summed E-state index contributed by atoms with van der Waals surface area (Å²) in [6.07, 6.45) is -3.78. The molecule has 5 heterocycles. The Morgan fingerprint density at radius 1 is 1.12 bits per heavy atom. The zero-order valence-electron chi connectivity index (χ0n) is 28.4. The van der Waals surface area contributed by atoms with Crippen molar-refractivity contribution in [2.24, 2.45) is 0 Å². The number of rotatable bonds is 7. The number of benzene rings is 2. The number of nitrogen functional groups attached to an aromatic ring is 2. The predicted molar refractivity (Wildman–Crippen MR) is 186 cm³/mol. The molecule has 11 nitrogen and oxygen atoms in total. The van der Waals surface area contributed by atoms with Crippen LogP contribution in [0, 0.1) is 23.0 Å². The van der Waals surface area contributed by atoms with Crippen molar-refractivity contribution >= 4 is 49.0 Å². The third kappa shape index (κ3) is 5.65. The number of fused-ring (bicyclic) bond motifs is 1. The molecular weight excluding hydrogens is 707 g/mol. The summed E-state index contributed by atoms with van der Waals surface area (Å²) in [4.78, 5) is 16.9. The number of nitrogens with two attached hydrogens (primary N) is 2. The van der Waals surface area contributed by atoms with Crippen molar-refractivity contribution in [2.75, 3.05) is 50.2 Å². The second-order valence-corrected chi connectivity index (χ2v) is 13.8. The molecule has 1 saturated heterocycles. The zero-order chi connectivity index (χ0) is 37.2. The molecule has 4 atom stereocenters. The highest BCUT2D eigenvalue weighted by Gasteiger charge is 2.45. The second kappa shape index (κ2) is 13.2. The maximum absolute atomic E-state index is 17.4. The maximum atomic E-state index is 17.4. The first-order valence-electron chi connectivity index (χ1n) is 16.3. The first-order valence-corrected chi connectivity index (χ1v) is 17.1. The van der Waals surface area contributed by atoms with E-state index in [1.54, 1.807) is 38.0 Å². The molecule has 0 unspecified atom stereocenters.